The summed E-state index contributed by atoms with van der Waals surface area (Å²) in [7, 11) is -4.08. The van der Waals surface area contributed by atoms with Crippen LogP contribution in [0.5, 0.6) is 0 Å². The second-order valence-corrected chi connectivity index (χ2v) is 12.5. The lowest BCUT2D eigenvalue weighted by molar-refractivity contribution is 0.0865. The van der Waals surface area contributed by atoms with Crippen LogP contribution in [0.4, 0.5) is 5.69 Å². The van der Waals surface area contributed by atoms with Gasteiger partial charge in [0.05, 0.1) is 17.6 Å². The number of para-hydroxylation sites is 1. The molecule has 202 valence electrons. The van der Waals surface area contributed by atoms with Gasteiger partial charge in [0, 0.05) is 39.7 Å². The molecule has 1 unspecified atom stereocenters. The van der Waals surface area contributed by atoms with E-state index in [1.54, 1.807) is 6.07 Å². The van der Waals surface area contributed by atoms with E-state index in [4.69, 9.17) is 21.5 Å². The summed E-state index contributed by atoms with van der Waals surface area (Å²) < 4.78 is 33.1. The molecular weight excluding hydrogens is 548 g/mol. The van der Waals surface area contributed by atoms with Gasteiger partial charge in [-0.05, 0) is 73.2 Å². The van der Waals surface area contributed by atoms with Gasteiger partial charge in [-0.2, -0.15) is 8.42 Å². The fourth-order valence-electron chi connectivity index (χ4n) is 5.18. The summed E-state index contributed by atoms with van der Waals surface area (Å²) >= 11 is 7.70. The van der Waals surface area contributed by atoms with Gasteiger partial charge in [-0.15, -0.1) is 11.3 Å². The molecule has 4 atom stereocenters. The Labute approximate surface area is 231 Å². The van der Waals surface area contributed by atoms with Crippen molar-refractivity contribution in [3.63, 3.8) is 0 Å². The van der Waals surface area contributed by atoms with E-state index in [0.29, 0.717) is 40.6 Å². The third-order valence-corrected chi connectivity index (χ3v) is 8.84. The number of ether oxygens (including phenoxy) is 1. The van der Waals surface area contributed by atoms with E-state index >= 15 is 0 Å². The third kappa shape index (κ3) is 6.28. The number of halogens is 1. The molecule has 1 saturated carbocycles. The predicted octanol–water partition coefficient (Wildman–Crippen LogP) is 4.46. The first-order valence-corrected chi connectivity index (χ1v) is 15.1. The number of carbonyl (C=O) groups excluding carboxylic acids is 1. The van der Waals surface area contributed by atoms with Crippen molar-refractivity contribution in [3.05, 3.63) is 86.1 Å². The summed E-state index contributed by atoms with van der Waals surface area (Å²) in [5.41, 5.74) is 3.42. The lowest BCUT2D eigenvalue weighted by Crippen LogP contribution is -2.24. The normalized spacial score (nSPS) is 23.6. The van der Waals surface area contributed by atoms with Crippen LogP contribution in [0.1, 0.15) is 56.6 Å². The Balaban J connectivity index is 1.33. The molecule has 0 amide bonds. The zero-order chi connectivity index (χ0) is 26.9. The van der Waals surface area contributed by atoms with Gasteiger partial charge in [-0.1, -0.05) is 29.8 Å². The maximum absolute atomic E-state index is 13.6. The molecule has 0 saturated heterocycles. The second kappa shape index (κ2) is 11.4. The Morgan fingerprint density at radius 3 is 2.82 bits per heavy atom. The largest absolute Gasteiger partial charge is 0.393 e. The topological polar surface area (TPSA) is 128 Å². The van der Waals surface area contributed by atoms with Gasteiger partial charge in [0.1, 0.15) is 6.10 Å². The Bertz CT molecular complexity index is 1430. The van der Waals surface area contributed by atoms with Crippen LogP contribution in [0, 0.1) is 5.92 Å². The van der Waals surface area contributed by atoms with Crippen molar-refractivity contribution in [1.82, 2.24) is 0 Å². The summed E-state index contributed by atoms with van der Waals surface area (Å²) in [6.07, 6.45) is 1.70. The van der Waals surface area contributed by atoms with Crippen molar-refractivity contribution in [2.75, 3.05) is 18.5 Å². The first kappa shape index (κ1) is 27.3. The van der Waals surface area contributed by atoms with Gasteiger partial charge in [0.2, 0.25) is 5.78 Å². The van der Waals surface area contributed by atoms with Crippen molar-refractivity contribution < 1.29 is 27.2 Å². The van der Waals surface area contributed by atoms with Crippen LogP contribution in [0.25, 0.3) is 0 Å². The molecule has 5 rings (SSSR count). The fraction of sp³-hybridized carbons (Fsp3) is 0.370. The minimum absolute atomic E-state index is 0.114. The first-order valence-electron chi connectivity index (χ1n) is 12.4. The highest BCUT2D eigenvalue weighted by Crippen LogP contribution is 2.38. The monoisotopic (exact) mass is 576 g/mol. The smallest absolute Gasteiger partial charge is 0.333 e. The molecule has 11 heteroatoms. The number of aliphatic hydroxyl groups excluding tert-OH is 1. The Kier molecular flexibility index (Phi) is 8.20. The van der Waals surface area contributed by atoms with Crippen molar-refractivity contribution in [2.45, 2.75) is 43.9 Å². The number of aliphatic hydroxyl groups is 1. The number of hydrogen-bond donors (Lipinski definition) is 3. The molecule has 3 aromatic rings. The Morgan fingerprint density at radius 2 is 2.00 bits per heavy atom. The summed E-state index contributed by atoms with van der Waals surface area (Å²) in [4.78, 5) is 15.1. The number of nitrogens with two attached hydrogens (primary N) is 1. The number of hydrogen-bond acceptors (Lipinski definition) is 8. The number of nitrogens with one attached hydrogen (secondary N) is 1. The van der Waals surface area contributed by atoms with Gasteiger partial charge >= 0.3 is 10.3 Å². The molecule has 4 N–H and O–H groups in total. The maximum atomic E-state index is 13.6. The first-order chi connectivity index (χ1) is 18.2. The standard InChI is InChI=1S/C27H29ClN2O6S2/c28-18-8-7-16-4-3-11-35-27(21(16)13-18)25-10-9-24(37-25)26(32)20-5-1-2-6-22(20)30-19-12-17(23(31)14-19)15-36-38(29,33)34/h1-2,5-10,13,17,19,23,27,30-31H,3-4,11-12,14-15H2,(H2,29,33,34)/t17-,19-,23+,27?/m1/s1. The Morgan fingerprint density at radius 1 is 1.18 bits per heavy atom. The lowest BCUT2D eigenvalue weighted by atomic mass is 9.99. The molecule has 1 aliphatic heterocycles. The van der Waals surface area contributed by atoms with E-state index < -0.39 is 16.4 Å². The van der Waals surface area contributed by atoms with Crippen LogP contribution in [0.15, 0.2) is 54.6 Å². The van der Waals surface area contributed by atoms with Crippen molar-refractivity contribution in [1.29, 1.82) is 0 Å². The third-order valence-electron chi connectivity index (χ3n) is 7.01. The van der Waals surface area contributed by atoms with Gasteiger partial charge in [-0.3, -0.25) is 8.98 Å². The highest BCUT2D eigenvalue weighted by molar-refractivity contribution is 7.84. The molecule has 8 nitrogen and oxygen atoms in total. The SMILES string of the molecule is NS(=O)(=O)OC[C@H]1C[C@@H](Nc2ccccc2C(=O)c2ccc(C3OCCCc4ccc(Cl)cc43)s2)C[C@@H]1O. The van der Waals surface area contributed by atoms with Crippen LogP contribution in [0.2, 0.25) is 5.02 Å². The molecule has 2 heterocycles. The van der Waals surface area contributed by atoms with Crippen LogP contribution in [-0.4, -0.2) is 44.7 Å². The van der Waals surface area contributed by atoms with Crippen LogP contribution < -0.4 is 10.5 Å². The van der Waals surface area contributed by atoms with Crippen molar-refractivity contribution in [3.8, 4) is 0 Å². The second-order valence-electron chi connectivity index (χ2n) is 9.69. The number of aryl methyl sites for hydroxylation is 1. The number of benzene rings is 2. The van der Waals surface area contributed by atoms with Crippen molar-refractivity contribution >= 4 is 44.7 Å². The molecule has 2 aromatic carbocycles. The maximum Gasteiger partial charge on any atom is 0.333 e. The van der Waals surface area contributed by atoms with Crippen LogP contribution in [0.3, 0.4) is 0 Å². The highest BCUT2D eigenvalue weighted by atomic mass is 35.5. The molecule has 2 aliphatic rings. The number of fused-ring (bicyclic) bond motifs is 1. The van der Waals surface area contributed by atoms with E-state index in [1.165, 1.54) is 16.9 Å². The van der Waals surface area contributed by atoms with Gasteiger partial charge < -0.3 is 15.2 Å². The minimum atomic E-state index is -4.08. The van der Waals surface area contributed by atoms with Crippen LogP contribution in [-0.2, 0) is 25.6 Å². The molecule has 1 aromatic heterocycles. The lowest BCUT2D eigenvalue weighted by Gasteiger charge is -2.17. The van der Waals surface area contributed by atoms with Crippen molar-refractivity contribution in [2.24, 2.45) is 11.1 Å². The van der Waals surface area contributed by atoms with E-state index in [9.17, 15) is 18.3 Å². The highest BCUT2D eigenvalue weighted by Gasteiger charge is 2.34. The average molecular weight is 577 g/mol. The summed E-state index contributed by atoms with van der Waals surface area (Å²) in [6, 6.07) is 16.8. The fourth-order valence-corrected chi connectivity index (χ4v) is 6.76. The molecule has 0 radical (unpaired) electrons. The zero-order valence-electron chi connectivity index (χ0n) is 20.5. The zero-order valence-corrected chi connectivity index (χ0v) is 22.9. The molecule has 0 bridgehead atoms. The van der Waals surface area contributed by atoms with Gasteiger partial charge in [-0.25, -0.2) is 5.14 Å². The van der Waals surface area contributed by atoms with Crippen LogP contribution >= 0.6 is 22.9 Å². The Hall–Kier alpha value is -2.31. The van der Waals surface area contributed by atoms with E-state index in [2.05, 4.69) is 9.50 Å². The quantitative estimate of drug-likeness (QED) is 0.338. The van der Waals surface area contributed by atoms with Gasteiger partial charge in [0.25, 0.3) is 0 Å². The van der Waals surface area contributed by atoms with E-state index in [1.807, 2.05) is 48.5 Å². The molecular formula is C27H29ClN2O6S2. The van der Waals surface area contributed by atoms with E-state index in [-0.39, 0.29) is 30.5 Å². The van der Waals surface area contributed by atoms with E-state index in [0.717, 1.165) is 23.3 Å². The number of anilines is 1. The molecule has 38 heavy (non-hydrogen) atoms. The average Bonchev–Trinajstić information content (AvgIpc) is 3.44. The molecule has 1 aliphatic carbocycles. The number of rotatable bonds is 8. The van der Waals surface area contributed by atoms with Gasteiger partial charge in [0.15, 0.2) is 0 Å². The minimum Gasteiger partial charge on any atom is -0.393 e. The molecule has 0 spiro atoms. The summed E-state index contributed by atoms with van der Waals surface area (Å²) in [5.74, 6) is -0.499. The number of thiophene rings is 1. The predicted molar refractivity (Wildman–Crippen MR) is 147 cm³/mol. The molecule has 1 fully saturated rings. The number of ketones is 1. The summed E-state index contributed by atoms with van der Waals surface area (Å²) in [5, 5.41) is 19.3. The number of carbonyl (C=O) groups is 1. The summed E-state index contributed by atoms with van der Waals surface area (Å²) in [6.45, 7) is 0.440.